The molecule has 1 heterocycles. The summed E-state index contributed by atoms with van der Waals surface area (Å²) in [5.74, 6) is 5.58. The minimum Gasteiger partial charge on any atom is -0.320 e. The molecule has 6 nitrogen and oxygen atoms in total. The van der Waals surface area contributed by atoms with Gasteiger partial charge in [-0.05, 0) is 31.5 Å². The van der Waals surface area contributed by atoms with Gasteiger partial charge in [-0.25, -0.2) is 8.42 Å². The third-order valence-corrected chi connectivity index (χ3v) is 4.30. The van der Waals surface area contributed by atoms with Gasteiger partial charge in [0.05, 0.1) is 24.1 Å². The van der Waals surface area contributed by atoms with Gasteiger partial charge < -0.3 is 5.73 Å². The summed E-state index contributed by atoms with van der Waals surface area (Å²) < 4.78 is 27.3. The van der Waals surface area contributed by atoms with Crippen molar-refractivity contribution in [1.82, 2.24) is 10.2 Å². The first-order chi connectivity index (χ1) is 9.94. The van der Waals surface area contributed by atoms with E-state index in [1.165, 1.54) is 6.20 Å². The number of nitrogens with one attached hydrogen (secondary N) is 2. The fourth-order valence-electron chi connectivity index (χ4n) is 1.81. The summed E-state index contributed by atoms with van der Waals surface area (Å²) in [6, 6.07) is 5.35. The number of H-pyrrole nitrogens is 1. The number of hydrogen-bond donors (Lipinski definition) is 3. The average molecular weight is 304 g/mol. The Morgan fingerprint density at radius 1 is 1.38 bits per heavy atom. The molecular weight excluding hydrogens is 288 g/mol. The van der Waals surface area contributed by atoms with Crippen molar-refractivity contribution in [3.05, 3.63) is 41.2 Å². The van der Waals surface area contributed by atoms with Crippen LogP contribution >= 0.6 is 0 Å². The highest BCUT2D eigenvalue weighted by Gasteiger charge is 2.19. The van der Waals surface area contributed by atoms with E-state index in [-0.39, 0.29) is 11.4 Å². The Bertz CT molecular complexity index is 813. The molecule has 1 aromatic heterocycles. The van der Waals surface area contributed by atoms with Gasteiger partial charge in [0, 0.05) is 5.56 Å². The molecule has 0 aliphatic heterocycles. The molecule has 2 aromatic rings. The molecule has 1 aromatic carbocycles. The van der Waals surface area contributed by atoms with E-state index in [0.717, 1.165) is 5.56 Å². The lowest BCUT2D eigenvalue weighted by Crippen LogP contribution is -2.14. The van der Waals surface area contributed by atoms with Gasteiger partial charge in [-0.15, -0.1) is 0 Å². The normalized spacial score (nSPS) is 10.8. The topological polar surface area (TPSA) is 101 Å². The Balaban J connectivity index is 2.44. The SMILES string of the molecule is Cc1ccc(C#CCN)c(NS(=O)(=O)c2cn[nH]c2C)c1. The number of nitrogens with two attached hydrogens (primary N) is 1. The lowest BCUT2D eigenvalue weighted by atomic mass is 10.1. The Labute approximate surface area is 123 Å². The van der Waals surface area contributed by atoms with Gasteiger partial charge in [0.2, 0.25) is 0 Å². The maximum atomic E-state index is 12.4. The van der Waals surface area contributed by atoms with E-state index in [1.54, 1.807) is 19.1 Å². The van der Waals surface area contributed by atoms with Crippen LogP contribution < -0.4 is 10.5 Å². The zero-order chi connectivity index (χ0) is 15.5. The molecule has 0 saturated heterocycles. The Kier molecular flexibility index (Phi) is 4.31. The zero-order valence-corrected chi connectivity index (χ0v) is 12.6. The highest BCUT2D eigenvalue weighted by molar-refractivity contribution is 7.92. The van der Waals surface area contributed by atoms with E-state index in [2.05, 4.69) is 26.8 Å². The quantitative estimate of drug-likeness (QED) is 0.740. The highest BCUT2D eigenvalue weighted by Crippen LogP contribution is 2.22. The van der Waals surface area contributed by atoms with Crippen molar-refractivity contribution in [1.29, 1.82) is 0 Å². The molecule has 0 aliphatic rings. The summed E-state index contributed by atoms with van der Waals surface area (Å²) in [5, 5.41) is 6.34. The van der Waals surface area contributed by atoms with Gasteiger partial charge in [-0.1, -0.05) is 17.9 Å². The maximum absolute atomic E-state index is 12.4. The van der Waals surface area contributed by atoms with Crippen LogP contribution in [0, 0.1) is 25.7 Å². The van der Waals surface area contributed by atoms with Gasteiger partial charge in [0.1, 0.15) is 4.90 Å². The van der Waals surface area contributed by atoms with Crippen LogP contribution in [0.3, 0.4) is 0 Å². The van der Waals surface area contributed by atoms with Crippen molar-refractivity contribution in [2.24, 2.45) is 5.73 Å². The van der Waals surface area contributed by atoms with E-state index in [1.807, 2.05) is 13.0 Å². The van der Waals surface area contributed by atoms with Crippen molar-refractivity contribution in [3.8, 4) is 11.8 Å². The number of sulfonamides is 1. The van der Waals surface area contributed by atoms with E-state index in [0.29, 0.717) is 16.9 Å². The number of hydrogen-bond acceptors (Lipinski definition) is 4. The number of aryl methyl sites for hydroxylation is 2. The van der Waals surface area contributed by atoms with Crippen LogP contribution in [0.15, 0.2) is 29.3 Å². The third-order valence-electron chi connectivity index (χ3n) is 2.82. The molecule has 0 amide bonds. The first kappa shape index (κ1) is 15.1. The molecule has 0 saturated carbocycles. The van der Waals surface area contributed by atoms with Crippen molar-refractivity contribution >= 4 is 15.7 Å². The van der Waals surface area contributed by atoms with Crippen LogP contribution in [0.25, 0.3) is 0 Å². The average Bonchev–Trinajstić information content (AvgIpc) is 2.84. The summed E-state index contributed by atoms with van der Waals surface area (Å²) in [6.07, 6.45) is 1.28. The van der Waals surface area contributed by atoms with Crippen LogP contribution in [0.2, 0.25) is 0 Å². The summed E-state index contributed by atoms with van der Waals surface area (Å²) in [5.41, 5.74) is 7.77. The summed E-state index contributed by atoms with van der Waals surface area (Å²) in [7, 11) is -3.71. The van der Waals surface area contributed by atoms with Gasteiger partial charge in [0.15, 0.2) is 0 Å². The number of rotatable bonds is 3. The molecule has 21 heavy (non-hydrogen) atoms. The summed E-state index contributed by atoms with van der Waals surface area (Å²) in [6.45, 7) is 3.73. The third kappa shape index (κ3) is 3.42. The lowest BCUT2D eigenvalue weighted by Gasteiger charge is -2.10. The number of aromatic amines is 1. The zero-order valence-electron chi connectivity index (χ0n) is 11.8. The van der Waals surface area contributed by atoms with E-state index >= 15 is 0 Å². The Hall–Kier alpha value is -2.30. The van der Waals surface area contributed by atoms with Crippen molar-refractivity contribution in [3.63, 3.8) is 0 Å². The Morgan fingerprint density at radius 2 is 2.14 bits per heavy atom. The Morgan fingerprint density at radius 3 is 2.76 bits per heavy atom. The van der Waals surface area contributed by atoms with Gasteiger partial charge in [-0.2, -0.15) is 5.10 Å². The van der Waals surface area contributed by atoms with E-state index in [4.69, 9.17) is 5.73 Å². The first-order valence-corrected chi connectivity index (χ1v) is 7.75. The predicted octanol–water partition coefficient (Wildman–Crippen LogP) is 1.14. The molecule has 0 atom stereocenters. The largest absolute Gasteiger partial charge is 0.320 e. The fraction of sp³-hybridized carbons (Fsp3) is 0.214. The lowest BCUT2D eigenvalue weighted by molar-refractivity contribution is 0.600. The molecule has 0 unspecified atom stereocenters. The van der Waals surface area contributed by atoms with Gasteiger partial charge in [-0.3, -0.25) is 9.82 Å². The number of nitrogens with zero attached hydrogens (tertiary/aromatic N) is 1. The minimum absolute atomic E-state index is 0.113. The van der Waals surface area contributed by atoms with Crippen molar-refractivity contribution in [2.75, 3.05) is 11.3 Å². The number of benzene rings is 1. The first-order valence-electron chi connectivity index (χ1n) is 6.26. The summed E-state index contributed by atoms with van der Waals surface area (Å²) in [4.78, 5) is 0.113. The van der Waals surface area contributed by atoms with Crippen molar-refractivity contribution < 1.29 is 8.42 Å². The molecule has 0 bridgehead atoms. The molecule has 0 radical (unpaired) electrons. The number of aromatic nitrogens is 2. The predicted molar refractivity (Wildman–Crippen MR) is 81.2 cm³/mol. The molecule has 0 fully saturated rings. The number of anilines is 1. The molecule has 4 N–H and O–H groups in total. The summed E-state index contributed by atoms with van der Waals surface area (Å²) >= 11 is 0. The van der Waals surface area contributed by atoms with Gasteiger partial charge >= 0.3 is 0 Å². The standard InChI is InChI=1S/C14H16N4O2S/c1-10-5-6-12(4-3-7-15)13(8-10)18-21(19,20)14-9-16-17-11(14)2/h5-6,8-9,18H,7,15H2,1-2H3,(H,16,17). The van der Waals surface area contributed by atoms with E-state index in [9.17, 15) is 8.42 Å². The van der Waals surface area contributed by atoms with Crippen LogP contribution in [0.1, 0.15) is 16.8 Å². The molecule has 110 valence electrons. The molecular formula is C14H16N4O2S. The van der Waals surface area contributed by atoms with E-state index < -0.39 is 10.0 Å². The second-order valence-electron chi connectivity index (χ2n) is 4.52. The van der Waals surface area contributed by atoms with Crippen LogP contribution in [0.4, 0.5) is 5.69 Å². The minimum atomic E-state index is -3.71. The van der Waals surface area contributed by atoms with Gasteiger partial charge in [0.25, 0.3) is 10.0 Å². The second kappa shape index (κ2) is 5.99. The smallest absolute Gasteiger partial charge is 0.265 e. The fourth-order valence-corrected chi connectivity index (χ4v) is 3.02. The maximum Gasteiger partial charge on any atom is 0.265 e. The van der Waals surface area contributed by atoms with Crippen LogP contribution in [0.5, 0.6) is 0 Å². The van der Waals surface area contributed by atoms with Crippen molar-refractivity contribution in [2.45, 2.75) is 18.7 Å². The van der Waals surface area contributed by atoms with Crippen LogP contribution in [-0.2, 0) is 10.0 Å². The highest BCUT2D eigenvalue weighted by atomic mass is 32.2. The van der Waals surface area contributed by atoms with Crippen LogP contribution in [-0.4, -0.2) is 25.2 Å². The second-order valence-corrected chi connectivity index (χ2v) is 6.17. The molecule has 7 heteroatoms. The monoisotopic (exact) mass is 304 g/mol. The molecule has 2 rings (SSSR count). The molecule has 0 aliphatic carbocycles. The molecule has 0 spiro atoms.